The number of rotatable bonds is 4. The number of esters is 1. The molecule has 0 amide bonds. The van der Waals surface area contributed by atoms with Gasteiger partial charge in [0.1, 0.15) is 36.1 Å². The highest BCUT2D eigenvalue weighted by Gasteiger charge is 2.24. The van der Waals surface area contributed by atoms with Gasteiger partial charge in [0.25, 0.3) is 0 Å². The van der Waals surface area contributed by atoms with Crippen LogP contribution in [0.25, 0.3) is 32.3 Å². The number of hydrogen-bond donors (Lipinski definition) is 0. The average molecular weight is 497 g/mol. The van der Waals surface area contributed by atoms with Crippen LogP contribution in [0.2, 0.25) is 0 Å². The van der Waals surface area contributed by atoms with E-state index in [1.807, 2.05) is 0 Å². The second-order valence-electron chi connectivity index (χ2n) is 6.77. The zero-order valence-corrected chi connectivity index (χ0v) is 18.1. The van der Waals surface area contributed by atoms with Crippen molar-refractivity contribution in [3.8, 4) is 5.75 Å². The third kappa shape index (κ3) is 3.46. The lowest BCUT2D eigenvalue weighted by atomic mass is 9.93. The Labute approximate surface area is 180 Å². The van der Waals surface area contributed by atoms with Gasteiger partial charge in [0.05, 0.1) is 14.7 Å². The number of carbonyl (C=O) groups is 1. The van der Waals surface area contributed by atoms with Gasteiger partial charge < -0.3 is 18.4 Å². The van der Waals surface area contributed by atoms with Gasteiger partial charge in [0.2, 0.25) is 0 Å². The maximum Gasteiger partial charge on any atom is 0.308 e. The van der Waals surface area contributed by atoms with Gasteiger partial charge in [-0.1, -0.05) is 18.2 Å². The molecular formula is C18H9O11S3-3. The normalized spacial score (nSPS) is 13.2. The average Bonchev–Trinajstić information content (AvgIpc) is 2.63. The van der Waals surface area contributed by atoms with E-state index in [0.29, 0.717) is 6.07 Å². The molecule has 0 aliphatic rings. The Balaban J connectivity index is 2.43. The first-order valence-corrected chi connectivity index (χ1v) is 12.7. The lowest BCUT2D eigenvalue weighted by molar-refractivity contribution is -0.131. The first-order valence-electron chi connectivity index (χ1n) is 8.45. The fraction of sp³-hybridized carbons (Fsp3) is 0.0556. The van der Waals surface area contributed by atoms with E-state index < -0.39 is 51.0 Å². The Morgan fingerprint density at radius 2 is 1.00 bits per heavy atom. The molecule has 4 aromatic carbocycles. The number of ether oxygens (including phenoxy) is 1. The molecule has 4 aromatic rings. The van der Waals surface area contributed by atoms with Crippen LogP contribution in [0.15, 0.2) is 51.1 Å². The molecule has 0 heterocycles. The van der Waals surface area contributed by atoms with E-state index >= 15 is 0 Å². The minimum absolute atomic E-state index is 0.00962. The quantitative estimate of drug-likeness (QED) is 0.170. The Bertz CT molecular complexity index is 1730. The highest BCUT2D eigenvalue weighted by atomic mass is 32.2. The highest BCUT2D eigenvalue weighted by Crippen LogP contribution is 2.45. The van der Waals surface area contributed by atoms with Crippen LogP contribution >= 0.6 is 0 Å². The molecule has 4 rings (SSSR count). The maximum absolute atomic E-state index is 11.9. The van der Waals surface area contributed by atoms with Crippen LogP contribution in [0.3, 0.4) is 0 Å². The molecule has 0 bridgehead atoms. The molecule has 0 radical (unpaired) electrons. The molecule has 11 nitrogen and oxygen atoms in total. The van der Waals surface area contributed by atoms with Gasteiger partial charge in [-0.3, -0.25) is 4.79 Å². The summed E-state index contributed by atoms with van der Waals surface area (Å²) in [7, 11) is -15.8. The Kier molecular flexibility index (Phi) is 4.75. The molecule has 0 saturated heterocycles. The van der Waals surface area contributed by atoms with Crippen LogP contribution in [0.4, 0.5) is 0 Å². The van der Waals surface area contributed by atoms with Crippen molar-refractivity contribution in [1.29, 1.82) is 0 Å². The molecule has 0 atom stereocenters. The summed E-state index contributed by atoms with van der Waals surface area (Å²) < 4.78 is 112. The predicted molar refractivity (Wildman–Crippen MR) is 105 cm³/mol. The minimum Gasteiger partial charge on any atom is -0.744 e. The van der Waals surface area contributed by atoms with Crippen LogP contribution in [0, 0.1) is 0 Å². The van der Waals surface area contributed by atoms with Crippen molar-refractivity contribution < 1.29 is 48.4 Å². The van der Waals surface area contributed by atoms with Crippen LogP contribution in [-0.2, 0) is 35.1 Å². The summed E-state index contributed by atoms with van der Waals surface area (Å²) in [6.07, 6.45) is 0. The zero-order valence-electron chi connectivity index (χ0n) is 15.7. The smallest absolute Gasteiger partial charge is 0.308 e. The third-order valence-electron chi connectivity index (χ3n) is 4.81. The monoisotopic (exact) mass is 497 g/mol. The van der Waals surface area contributed by atoms with Gasteiger partial charge in [0.15, 0.2) is 0 Å². The summed E-state index contributed by atoms with van der Waals surface area (Å²) in [6, 6.07) is 5.66. The van der Waals surface area contributed by atoms with Gasteiger partial charge >= 0.3 is 5.97 Å². The topological polar surface area (TPSA) is 198 Å². The minimum atomic E-state index is -5.30. The molecule has 32 heavy (non-hydrogen) atoms. The summed E-state index contributed by atoms with van der Waals surface area (Å²) in [5.74, 6) is -1.25. The molecule has 0 saturated carbocycles. The highest BCUT2D eigenvalue weighted by molar-refractivity contribution is 7.87. The summed E-state index contributed by atoms with van der Waals surface area (Å²) in [5, 5.41) is -1.31. The summed E-state index contributed by atoms with van der Waals surface area (Å²) in [5.41, 5.74) is 0. The first kappa shape index (κ1) is 22.3. The molecule has 0 fully saturated rings. The second kappa shape index (κ2) is 6.81. The molecular weight excluding hydrogens is 488 g/mol. The molecule has 0 aromatic heterocycles. The maximum atomic E-state index is 11.9. The lowest BCUT2D eigenvalue weighted by Gasteiger charge is -2.22. The van der Waals surface area contributed by atoms with Gasteiger partial charge in [-0.25, -0.2) is 25.3 Å². The number of carbonyl (C=O) groups excluding carboxylic acids is 1. The van der Waals surface area contributed by atoms with E-state index in [9.17, 15) is 43.7 Å². The molecule has 168 valence electrons. The molecule has 0 spiro atoms. The van der Waals surface area contributed by atoms with E-state index in [2.05, 4.69) is 0 Å². The van der Waals surface area contributed by atoms with Gasteiger partial charge in [0, 0.05) is 39.2 Å². The molecule has 0 aliphatic heterocycles. The van der Waals surface area contributed by atoms with Crippen LogP contribution in [-0.4, -0.2) is 44.9 Å². The van der Waals surface area contributed by atoms with E-state index in [1.165, 1.54) is 6.07 Å². The standard InChI is InChI=1S/C18H12O11S3/c1-8(19)29-13-6-14(30(20,21)22)10-4-5-12-16(32(26,27)28)7-15(31(23,24)25)11-3-2-9(13)17(10)18(11)12/h2-7H,1H3,(H,20,21,22)(H,23,24,25)(H,26,27,28)/p-3. The Morgan fingerprint density at radius 3 is 1.38 bits per heavy atom. The number of benzene rings is 4. The second-order valence-corrected chi connectivity index (χ2v) is 10.8. The van der Waals surface area contributed by atoms with Crippen molar-refractivity contribution >= 4 is 68.6 Å². The Hall–Kier alpha value is -2.88. The van der Waals surface area contributed by atoms with Crippen LogP contribution < -0.4 is 4.74 Å². The van der Waals surface area contributed by atoms with E-state index in [-0.39, 0.29) is 38.1 Å². The van der Waals surface area contributed by atoms with Crippen molar-refractivity contribution in [3.63, 3.8) is 0 Å². The lowest BCUT2D eigenvalue weighted by Crippen LogP contribution is -2.08. The molecule has 0 unspecified atom stereocenters. The fourth-order valence-electron chi connectivity index (χ4n) is 3.73. The van der Waals surface area contributed by atoms with Crippen molar-refractivity contribution in [3.05, 3.63) is 36.4 Å². The molecule has 0 N–H and O–H groups in total. The van der Waals surface area contributed by atoms with Gasteiger partial charge in [-0.15, -0.1) is 0 Å². The largest absolute Gasteiger partial charge is 0.744 e. The summed E-state index contributed by atoms with van der Waals surface area (Å²) in [4.78, 5) is 8.62. The molecule has 0 aliphatic carbocycles. The van der Waals surface area contributed by atoms with Crippen molar-refractivity contribution in [2.75, 3.05) is 0 Å². The fourth-order valence-corrected chi connectivity index (χ4v) is 5.89. The van der Waals surface area contributed by atoms with Gasteiger partial charge in [-0.05, 0) is 18.2 Å². The van der Waals surface area contributed by atoms with E-state index in [1.54, 1.807) is 0 Å². The SMILES string of the molecule is CC(=O)Oc1cc(S(=O)(=O)[O-])c2ccc3c(S(=O)(=O)[O-])cc(S(=O)(=O)[O-])c4ccc1c2c43. The van der Waals surface area contributed by atoms with Gasteiger partial charge in [-0.2, -0.15) is 0 Å². The van der Waals surface area contributed by atoms with E-state index in [4.69, 9.17) is 4.74 Å². The zero-order chi connectivity index (χ0) is 23.8. The summed E-state index contributed by atoms with van der Waals surface area (Å²) in [6.45, 7) is 1.01. The summed E-state index contributed by atoms with van der Waals surface area (Å²) >= 11 is 0. The van der Waals surface area contributed by atoms with Crippen molar-refractivity contribution in [2.24, 2.45) is 0 Å². The van der Waals surface area contributed by atoms with E-state index in [0.717, 1.165) is 31.2 Å². The van der Waals surface area contributed by atoms with Crippen molar-refractivity contribution in [2.45, 2.75) is 21.6 Å². The predicted octanol–water partition coefficient (Wildman–Crippen LogP) is 1.22. The van der Waals surface area contributed by atoms with Crippen LogP contribution in [0.5, 0.6) is 5.75 Å². The van der Waals surface area contributed by atoms with Crippen molar-refractivity contribution in [1.82, 2.24) is 0 Å². The third-order valence-corrected chi connectivity index (χ3v) is 7.44. The molecule has 14 heteroatoms. The Morgan fingerprint density at radius 1 is 0.656 bits per heavy atom. The van der Waals surface area contributed by atoms with Crippen LogP contribution in [0.1, 0.15) is 6.92 Å². The number of hydrogen-bond acceptors (Lipinski definition) is 11. The first-order chi connectivity index (χ1) is 14.6.